The molecule has 6 heteroatoms. The van der Waals surface area contributed by atoms with Crippen LogP contribution in [0, 0.1) is 0 Å². The number of rotatable bonds is 5. The van der Waals surface area contributed by atoms with Crippen LogP contribution < -0.4 is 15.7 Å². The van der Waals surface area contributed by atoms with Gasteiger partial charge in [0.15, 0.2) is 6.61 Å². The van der Waals surface area contributed by atoms with Gasteiger partial charge in [-0.3, -0.25) is 4.79 Å². The van der Waals surface area contributed by atoms with E-state index in [0.717, 1.165) is 16.0 Å². The second-order valence-electron chi connectivity index (χ2n) is 4.99. The van der Waals surface area contributed by atoms with E-state index in [1.807, 2.05) is 30.5 Å². The highest BCUT2D eigenvalue weighted by Gasteiger charge is 2.08. The molecule has 24 heavy (non-hydrogen) atoms. The normalized spacial score (nSPS) is 10.5. The summed E-state index contributed by atoms with van der Waals surface area (Å²) in [5.74, 6) is 0.205. The molecule has 2 aromatic carbocycles. The van der Waals surface area contributed by atoms with Crippen LogP contribution in [0.3, 0.4) is 0 Å². The second-order valence-corrected chi connectivity index (χ2v) is 5.84. The van der Waals surface area contributed by atoms with Crippen molar-refractivity contribution in [3.8, 4) is 5.75 Å². The summed E-state index contributed by atoms with van der Waals surface area (Å²) in [6.45, 7) is -0.134. The molecule has 0 atom stereocenters. The number of anilines is 1. The Balaban J connectivity index is 1.67. The van der Waals surface area contributed by atoms with E-state index in [0.29, 0.717) is 11.3 Å². The van der Waals surface area contributed by atoms with Crippen LogP contribution in [-0.2, 0) is 4.79 Å². The average Bonchev–Trinajstić information content (AvgIpc) is 2.60. The highest BCUT2D eigenvalue weighted by molar-refractivity contribution is 7.98. The largest absolute Gasteiger partial charge is 0.484 e. The molecule has 0 radical (unpaired) electrons. The summed E-state index contributed by atoms with van der Waals surface area (Å²) in [6.07, 6.45) is 1.95. The fourth-order valence-electron chi connectivity index (χ4n) is 2.21. The minimum atomic E-state index is -0.425. The topological polar surface area (TPSA) is 68.5 Å². The van der Waals surface area contributed by atoms with E-state index in [1.54, 1.807) is 36.0 Å². The Bertz CT molecular complexity index is 935. The number of thioether (sulfide) groups is 1. The van der Waals surface area contributed by atoms with Crippen LogP contribution >= 0.6 is 11.8 Å². The van der Waals surface area contributed by atoms with Crippen molar-refractivity contribution < 1.29 is 13.9 Å². The summed E-state index contributed by atoms with van der Waals surface area (Å²) >= 11 is 1.56. The van der Waals surface area contributed by atoms with Crippen molar-refractivity contribution >= 4 is 34.3 Å². The summed E-state index contributed by atoms with van der Waals surface area (Å²) < 4.78 is 10.6. The Morgan fingerprint density at radius 1 is 1.17 bits per heavy atom. The molecule has 122 valence electrons. The third kappa shape index (κ3) is 3.78. The zero-order chi connectivity index (χ0) is 16.9. The lowest BCUT2D eigenvalue weighted by molar-refractivity contribution is -0.118. The number of carbonyl (C=O) groups is 1. The highest BCUT2D eigenvalue weighted by Crippen LogP contribution is 2.24. The molecule has 0 aliphatic rings. The lowest BCUT2D eigenvalue weighted by Gasteiger charge is -2.10. The summed E-state index contributed by atoms with van der Waals surface area (Å²) in [4.78, 5) is 24.3. The predicted molar refractivity (Wildman–Crippen MR) is 94.8 cm³/mol. The van der Waals surface area contributed by atoms with Crippen molar-refractivity contribution in [2.75, 3.05) is 18.2 Å². The molecule has 1 heterocycles. The molecule has 3 aromatic rings. The van der Waals surface area contributed by atoms with Crippen LogP contribution in [0.5, 0.6) is 5.75 Å². The number of para-hydroxylation sites is 1. The summed E-state index contributed by atoms with van der Waals surface area (Å²) in [5, 5.41) is 3.61. The molecule has 0 unspecified atom stereocenters. The van der Waals surface area contributed by atoms with Crippen molar-refractivity contribution in [1.29, 1.82) is 0 Å². The molecule has 0 aliphatic heterocycles. The molecular weight excluding hydrogens is 326 g/mol. The average molecular weight is 341 g/mol. The van der Waals surface area contributed by atoms with Crippen LogP contribution in [0.2, 0.25) is 0 Å². The summed E-state index contributed by atoms with van der Waals surface area (Å²) in [7, 11) is 0. The minimum absolute atomic E-state index is 0.134. The molecule has 1 aromatic heterocycles. The van der Waals surface area contributed by atoms with E-state index in [2.05, 4.69) is 5.32 Å². The van der Waals surface area contributed by atoms with Gasteiger partial charge in [-0.05, 0) is 36.6 Å². The SMILES string of the molecule is CSc1ccccc1NC(=O)COc1ccc2ccc(=O)oc2c1. The quantitative estimate of drug-likeness (QED) is 0.568. The van der Waals surface area contributed by atoms with Crippen molar-refractivity contribution in [1.82, 2.24) is 0 Å². The van der Waals surface area contributed by atoms with Gasteiger partial charge in [0, 0.05) is 22.4 Å². The van der Waals surface area contributed by atoms with Crippen molar-refractivity contribution in [3.63, 3.8) is 0 Å². The van der Waals surface area contributed by atoms with Gasteiger partial charge in [0.1, 0.15) is 11.3 Å². The fraction of sp³-hybridized carbons (Fsp3) is 0.111. The number of nitrogens with one attached hydrogen (secondary N) is 1. The monoisotopic (exact) mass is 341 g/mol. The Kier molecular flexibility index (Phi) is 4.86. The molecular formula is C18H15NO4S. The molecule has 0 aliphatic carbocycles. The fourth-order valence-corrected chi connectivity index (χ4v) is 2.77. The van der Waals surface area contributed by atoms with Gasteiger partial charge < -0.3 is 14.5 Å². The van der Waals surface area contributed by atoms with E-state index >= 15 is 0 Å². The molecule has 1 amide bonds. The molecule has 5 nitrogen and oxygen atoms in total. The van der Waals surface area contributed by atoms with Gasteiger partial charge in [0.05, 0.1) is 5.69 Å². The Morgan fingerprint density at radius 3 is 2.79 bits per heavy atom. The van der Waals surface area contributed by atoms with Crippen LogP contribution in [0.25, 0.3) is 11.0 Å². The number of benzene rings is 2. The maximum atomic E-state index is 12.1. The van der Waals surface area contributed by atoms with E-state index in [1.165, 1.54) is 6.07 Å². The Labute approximate surface area is 142 Å². The van der Waals surface area contributed by atoms with Crippen molar-refractivity contribution in [3.05, 3.63) is 65.0 Å². The van der Waals surface area contributed by atoms with Crippen molar-refractivity contribution in [2.24, 2.45) is 0 Å². The summed E-state index contributed by atoms with van der Waals surface area (Å²) in [6, 6.07) is 15.7. The molecule has 0 fully saturated rings. The first-order valence-corrected chi connectivity index (χ1v) is 8.48. The number of fused-ring (bicyclic) bond motifs is 1. The third-order valence-corrected chi connectivity index (χ3v) is 4.14. The first-order valence-electron chi connectivity index (χ1n) is 7.25. The zero-order valence-electron chi connectivity index (χ0n) is 12.9. The molecule has 0 saturated heterocycles. The number of hydrogen-bond donors (Lipinski definition) is 1. The van der Waals surface area contributed by atoms with Gasteiger partial charge in [-0.2, -0.15) is 0 Å². The second kappa shape index (κ2) is 7.23. The predicted octanol–water partition coefficient (Wildman–Crippen LogP) is 3.53. The van der Waals surface area contributed by atoms with Crippen LogP contribution in [0.1, 0.15) is 0 Å². The number of carbonyl (C=O) groups excluding carboxylic acids is 1. The van der Waals surface area contributed by atoms with E-state index < -0.39 is 5.63 Å². The van der Waals surface area contributed by atoms with E-state index in [4.69, 9.17) is 9.15 Å². The number of hydrogen-bond acceptors (Lipinski definition) is 5. The van der Waals surface area contributed by atoms with E-state index in [9.17, 15) is 9.59 Å². The smallest absolute Gasteiger partial charge is 0.336 e. The molecule has 0 bridgehead atoms. The maximum absolute atomic E-state index is 12.1. The molecule has 0 spiro atoms. The van der Waals surface area contributed by atoms with Crippen LogP contribution in [0.4, 0.5) is 5.69 Å². The maximum Gasteiger partial charge on any atom is 0.336 e. The van der Waals surface area contributed by atoms with Gasteiger partial charge in [-0.1, -0.05) is 12.1 Å². The first kappa shape index (κ1) is 16.1. The number of ether oxygens (including phenoxy) is 1. The first-order chi connectivity index (χ1) is 11.7. The lowest BCUT2D eigenvalue weighted by atomic mass is 10.2. The highest BCUT2D eigenvalue weighted by atomic mass is 32.2. The lowest BCUT2D eigenvalue weighted by Crippen LogP contribution is -2.20. The Hall–Kier alpha value is -2.73. The molecule has 3 rings (SSSR count). The van der Waals surface area contributed by atoms with E-state index in [-0.39, 0.29) is 12.5 Å². The van der Waals surface area contributed by atoms with Crippen LogP contribution in [0.15, 0.2) is 68.7 Å². The third-order valence-electron chi connectivity index (χ3n) is 3.35. The van der Waals surface area contributed by atoms with Gasteiger partial charge >= 0.3 is 5.63 Å². The van der Waals surface area contributed by atoms with Gasteiger partial charge in [0.25, 0.3) is 5.91 Å². The zero-order valence-corrected chi connectivity index (χ0v) is 13.8. The number of amides is 1. The standard InChI is InChI=1S/C18H15NO4S/c1-24-16-5-3-2-4-14(16)19-17(20)11-22-13-8-6-12-7-9-18(21)23-15(12)10-13/h2-10H,11H2,1H3,(H,19,20). The van der Waals surface area contributed by atoms with Crippen molar-refractivity contribution in [2.45, 2.75) is 4.90 Å². The molecule has 0 saturated carbocycles. The van der Waals surface area contributed by atoms with Gasteiger partial charge in [-0.15, -0.1) is 11.8 Å². The van der Waals surface area contributed by atoms with Crippen LogP contribution in [-0.4, -0.2) is 18.8 Å². The molecule has 1 N–H and O–H groups in total. The minimum Gasteiger partial charge on any atom is -0.484 e. The Morgan fingerprint density at radius 2 is 1.96 bits per heavy atom. The summed E-state index contributed by atoms with van der Waals surface area (Å²) in [5.41, 5.74) is 0.752. The van der Waals surface area contributed by atoms with Gasteiger partial charge in [0.2, 0.25) is 0 Å². The van der Waals surface area contributed by atoms with Gasteiger partial charge in [-0.25, -0.2) is 4.79 Å².